The number of anilines is 1. The molecule has 0 aliphatic heterocycles. The zero-order valence-electron chi connectivity index (χ0n) is 13.5. The Labute approximate surface area is 158 Å². The molecule has 0 unspecified atom stereocenters. The molecule has 0 bridgehead atoms. The number of halogens is 3. The van der Waals surface area contributed by atoms with Gasteiger partial charge in [0.25, 0.3) is 5.91 Å². The van der Waals surface area contributed by atoms with Crippen LogP contribution in [0.25, 0.3) is 0 Å². The SMILES string of the molecule is O=C(Nc1ccc(Cl)nc1)c1ccc(S(=O)(=O)c2ccc(F)cc2)c(F)c1. The number of nitrogens with zero attached hydrogens (tertiary/aromatic N) is 1. The summed E-state index contributed by atoms with van der Waals surface area (Å²) in [6.07, 6.45) is 1.32. The highest BCUT2D eigenvalue weighted by Gasteiger charge is 2.23. The average molecular weight is 409 g/mol. The minimum atomic E-state index is -4.19. The van der Waals surface area contributed by atoms with Crippen LogP contribution in [0.15, 0.2) is 70.6 Å². The Bertz CT molecular complexity index is 1100. The van der Waals surface area contributed by atoms with Gasteiger partial charge in [0.15, 0.2) is 0 Å². The quantitative estimate of drug-likeness (QED) is 0.521. The number of hydrogen-bond acceptors (Lipinski definition) is 4. The lowest BCUT2D eigenvalue weighted by Crippen LogP contribution is -2.13. The molecular formula is C18H11ClF2N2O3S. The van der Waals surface area contributed by atoms with Crippen molar-refractivity contribution in [1.82, 2.24) is 4.98 Å². The highest BCUT2D eigenvalue weighted by Crippen LogP contribution is 2.24. The highest BCUT2D eigenvalue weighted by atomic mass is 35.5. The molecule has 0 spiro atoms. The summed E-state index contributed by atoms with van der Waals surface area (Å²) in [6, 6.07) is 9.97. The number of aromatic nitrogens is 1. The maximum absolute atomic E-state index is 14.4. The van der Waals surface area contributed by atoms with Crippen molar-refractivity contribution in [3.05, 3.63) is 83.1 Å². The van der Waals surface area contributed by atoms with Crippen LogP contribution in [0.5, 0.6) is 0 Å². The highest BCUT2D eigenvalue weighted by molar-refractivity contribution is 7.91. The van der Waals surface area contributed by atoms with Gasteiger partial charge < -0.3 is 5.32 Å². The van der Waals surface area contributed by atoms with E-state index in [1.54, 1.807) is 0 Å². The monoisotopic (exact) mass is 408 g/mol. The average Bonchev–Trinajstić information content (AvgIpc) is 2.63. The van der Waals surface area contributed by atoms with Crippen molar-refractivity contribution >= 4 is 33.0 Å². The van der Waals surface area contributed by atoms with Gasteiger partial charge in [-0.05, 0) is 54.6 Å². The second kappa shape index (κ2) is 7.42. The van der Waals surface area contributed by atoms with Crippen LogP contribution in [0.2, 0.25) is 5.15 Å². The first-order chi connectivity index (χ1) is 12.8. The van der Waals surface area contributed by atoms with Crippen LogP contribution >= 0.6 is 11.6 Å². The van der Waals surface area contributed by atoms with Crippen LogP contribution in [0.1, 0.15) is 10.4 Å². The smallest absolute Gasteiger partial charge is 0.255 e. The van der Waals surface area contributed by atoms with E-state index in [1.165, 1.54) is 24.4 Å². The molecule has 1 N–H and O–H groups in total. The van der Waals surface area contributed by atoms with E-state index in [1.807, 2.05) is 0 Å². The minimum absolute atomic E-state index is 0.0829. The molecule has 3 rings (SSSR count). The summed E-state index contributed by atoms with van der Waals surface area (Å²) >= 11 is 5.65. The first-order valence-electron chi connectivity index (χ1n) is 7.50. The third-order valence-corrected chi connectivity index (χ3v) is 5.62. The van der Waals surface area contributed by atoms with Gasteiger partial charge in [0.2, 0.25) is 9.84 Å². The summed E-state index contributed by atoms with van der Waals surface area (Å²) in [4.78, 5) is 15.1. The zero-order chi connectivity index (χ0) is 19.6. The molecule has 0 saturated heterocycles. The molecule has 1 amide bonds. The van der Waals surface area contributed by atoms with Gasteiger partial charge in [-0.2, -0.15) is 0 Å². The molecule has 0 saturated carbocycles. The largest absolute Gasteiger partial charge is 0.321 e. The normalized spacial score (nSPS) is 11.2. The van der Waals surface area contributed by atoms with Gasteiger partial charge in [-0.25, -0.2) is 22.2 Å². The number of carbonyl (C=O) groups is 1. The zero-order valence-corrected chi connectivity index (χ0v) is 15.1. The number of carbonyl (C=O) groups excluding carboxylic acids is 1. The van der Waals surface area contributed by atoms with Crippen LogP contribution < -0.4 is 5.32 Å². The van der Waals surface area contributed by atoms with E-state index in [0.29, 0.717) is 5.69 Å². The van der Waals surface area contributed by atoms with E-state index in [4.69, 9.17) is 11.6 Å². The fourth-order valence-corrected chi connectivity index (χ4v) is 3.68. The molecule has 138 valence electrons. The number of benzene rings is 2. The lowest BCUT2D eigenvalue weighted by Gasteiger charge is -2.09. The second-order valence-corrected chi connectivity index (χ2v) is 7.73. The minimum Gasteiger partial charge on any atom is -0.321 e. The molecule has 0 atom stereocenters. The van der Waals surface area contributed by atoms with E-state index in [2.05, 4.69) is 10.3 Å². The second-order valence-electron chi connectivity index (χ2n) is 5.43. The van der Waals surface area contributed by atoms with E-state index >= 15 is 0 Å². The van der Waals surface area contributed by atoms with Crippen molar-refractivity contribution in [1.29, 1.82) is 0 Å². The van der Waals surface area contributed by atoms with Crippen LogP contribution in [-0.2, 0) is 9.84 Å². The summed E-state index contributed by atoms with van der Waals surface area (Å²) in [7, 11) is -4.19. The molecule has 0 fully saturated rings. The lowest BCUT2D eigenvalue weighted by atomic mass is 10.2. The van der Waals surface area contributed by atoms with Crippen LogP contribution in [-0.4, -0.2) is 19.3 Å². The van der Waals surface area contributed by atoms with Crippen molar-refractivity contribution in [2.45, 2.75) is 9.79 Å². The molecule has 1 heterocycles. The summed E-state index contributed by atoms with van der Waals surface area (Å²) in [5.41, 5.74) is 0.258. The number of pyridine rings is 1. The summed E-state index contributed by atoms with van der Waals surface area (Å²) in [5, 5.41) is 2.74. The molecule has 0 aliphatic carbocycles. The fraction of sp³-hybridized carbons (Fsp3) is 0. The third-order valence-electron chi connectivity index (χ3n) is 3.59. The van der Waals surface area contributed by atoms with E-state index in [0.717, 1.165) is 36.4 Å². The van der Waals surface area contributed by atoms with E-state index in [9.17, 15) is 22.0 Å². The number of nitrogens with one attached hydrogen (secondary N) is 1. The van der Waals surface area contributed by atoms with Crippen molar-refractivity contribution < 1.29 is 22.0 Å². The molecule has 1 aromatic heterocycles. The first kappa shape index (κ1) is 18.9. The van der Waals surface area contributed by atoms with Crippen molar-refractivity contribution in [3.63, 3.8) is 0 Å². The third kappa shape index (κ3) is 4.12. The Morgan fingerprint density at radius 3 is 2.30 bits per heavy atom. The molecule has 2 aromatic carbocycles. The summed E-state index contributed by atoms with van der Waals surface area (Å²) in [6.45, 7) is 0. The molecule has 0 radical (unpaired) electrons. The summed E-state index contributed by atoms with van der Waals surface area (Å²) in [5.74, 6) is -2.36. The molecule has 0 aliphatic rings. The Hall–Kier alpha value is -2.84. The Morgan fingerprint density at radius 2 is 1.70 bits per heavy atom. The van der Waals surface area contributed by atoms with Crippen LogP contribution in [0.4, 0.5) is 14.5 Å². The number of amides is 1. The fourth-order valence-electron chi connectivity index (χ4n) is 2.25. The van der Waals surface area contributed by atoms with Gasteiger partial charge in [0, 0.05) is 5.56 Å². The Balaban J connectivity index is 1.88. The predicted molar refractivity (Wildman–Crippen MR) is 95.5 cm³/mol. The lowest BCUT2D eigenvalue weighted by molar-refractivity contribution is 0.102. The van der Waals surface area contributed by atoms with Crippen LogP contribution in [0.3, 0.4) is 0 Å². The molecular weight excluding hydrogens is 398 g/mol. The Morgan fingerprint density at radius 1 is 1.00 bits per heavy atom. The maximum atomic E-state index is 14.4. The van der Waals surface area contributed by atoms with Gasteiger partial charge >= 0.3 is 0 Å². The number of rotatable bonds is 4. The van der Waals surface area contributed by atoms with E-state index < -0.39 is 32.3 Å². The number of hydrogen-bond donors (Lipinski definition) is 1. The molecule has 5 nitrogen and oxygen atoms in total. The number of sulfone groups is 1. The van der Waals surface area contributed by atoms with Crippen molar-refractivity contribution in [2.75, 3.05) is 5.32 Å². The predicted octanol–water partition coefficient (Wildman–Crippen LogP) is 4.10. The van der Waals surface area contributed by atoms with Gasteiger partial charge in [0.1, 0.15) is 21.7 Å². The van der Waals surface area contributed by atoms with Gasteiger partial charge in [-0.3, -0.25) is 4.79 Å². The van der Waals surface area contributed by atoms with Crippen LogP contribution in [0, 0.1) is 11.6 Å². The molecule has 3 aromatic rings. The topological polar surface area (TPSA) is 76.1 Å². The van der Waals surface area contributed by atoms with E-state index in [-0.39, 0.29) is 15.6 Å². The molecule has 27 heavy (non-hydrogen) atoms. The first-order valence-corrected chi connectivity index (χ1v) is 9.36. The Kier molecular flexibility index (Phi) is 5.20. The standard InChI is InChI=1S/C18H11ClF2N2O3S/c19-17-8-4-13(10-22-17)23-18(24)11-1-7-16(15(21)9-11)27(25,26)14-5-2-12(20)3-6-14/h1-10H,(H,23,24). The van der Waals surface area contributed by atoms with Crippen molar-refractivity contribution in [3.8, 4) is 0 Å². The maximum Gasteiger partial charge on any atom is 0.255 e. The van der Waals surface area contributed by atoms with Gasteiger partial charge in [0.05, 0.1) is 16.8 Å². The van der Waals surface area contributed by atoms with Gasteiger partial charge in [-0.15, -0.1) is 0 Å². The van der Waals surface area contributed by atoms with Crippen molar-refractivity contribution in [2.24, 2.45) is 0 Å². The summed E-state index contributed by atoms with van der Waals surface area (Å²) < 4.78 is 52.3. The van der Waals surface area contributed by atoms with Gasteiger partial charge in [-0.1, -0.05) is 11.6 Å². The molecule has 9 heteroatoms.